The zero-order valence-electron chi connectivity index (χ0n) is 21.2. The quantitative estimate of drug-likeness (QED) is 0.378. The molecule has 0 unspecified atom stereocenters. The number of aliphatic hydroxyl groups is 1. The zero-order valence-corrected chi connectivity index (χ0v) is 21.2. The van der Waals surface area contributed by atoms with Gasteiger partial charge in [0.2, 0.25) is 0 Å². The van der Waals surface area contributed by atoms with Crippen molar-refractivity contribution in [3.8, 4) is 11.3 Å². The van der Waals surface area contributed by atoms with Crippen LogP contribution in [0.4, 0.5) is 13.2 Å². The molecule has 0 saturated heterocycles. The highest BCUT2D eigenvalue weighted by atomic mass is 19.4. The number of rotatable bonds is 5. The van der Waals surface area contributed by atoms with Gasteiger partial charge >= 0.3 is 6.18 Å². The van der Waals surface area contributed by atoms with E-state index in [0.29, 0.717) is 35.7 Å². The number of nitrogens with zero attached hydrogens (tertiary/aromatic N) is 3. The maximum Gasteiger partial charge on any atom is 0.416 e. The highest BCUT2D eigenvalue weighted by Gasteiger charge is 2.49. The first kappa shape index (κ1) is 26.0. The number of nitrogens with one attached hydrogen (secondary N) is 1. The van der Waals surface area contributed by atoms with Gasteiger partial charge in [-0.1, -0.05) is 30.3 Å². The summed E-state index contributed by atoms with van der Waals surface area (Å²) in [4.78, 5) is 39.5. The van der Waals surface area contributed by atoms with Crippen LogP contribution in [-0.4, -0.2) is 37.4 Å². The smallest absolute Gasteiger partial charge is 0.416 e. The first-order valence-corrected chi connectivity index (χ1v) is 12.9. The molecular formula is C29H25F3N4O4. The standard InChI is InChI=1S/C29H25F3N4O4/c30-29(31,32)20-7-2-5-18(13-20)24(37)26(39)36-11-3-8-22-21(15-36)25(38)35-27(34-22)28(9-10-28)19-6-1-4-17(12-19)23-14-33-16-40-23/h1-2,4-7,12-14,16,24,37H,3,8-11,15H2,(H,34,35,38)/t24-/m1/s1. The fraction of sp³-hybridized carbons (Fsp3) is 0.310. The van der Waals surface area contributed by atoms with Crippen molar-refractivity contribution in [1.82, 2.24) is 19.9 Å². The lowest BCUT2D eigenvalue weighted by atomic mass is 9.92. The van der Waals surface area contributed by atoms with Crippen LogP contribution in [0.3, 0.4) is 0 Å². The number of aryl methyl sites for hydroxylation is 1. The molecular weight excluding hydrogens is 525 g/mol. The highest BCUT2D eigenvalue weighted by molar-refractivity contribution is 5.82. The molecule has 1 atom stereocenters. The molecule has 1 amide bonds. The van der Waals surface area contributed by atoms with Gasteiger partial charge in [0.05, 0.1) is 35.0 Å². The maximum atomic E-state index is 13.3. The van der Waals surface area contributed by atoms with Crippen molar-refractivity contribution >= 4 is 5.91 Å². The summed E-state index contributed by atoms with van der Waals surface area (Å²) >= 11 is 0. The van der Waals surface area contributed by atoms with Crippen molar-refractivity contribution in [1.29, 1.82) is 0 Å². The lowest BCUT2D eigenvalue weighted by Gasteiger charge is -2.24. The molecule has 3 heterocycles. The number of aromatic amines is 1. The molecule has 2 aromatic carbocycles. The van der Waals surface area contributed by atoms with E-state index in [9.17, 15) is 27.9 Å². The Labute approximate surface area is 226 Å². The third kappa shape index (κ3) is 4.70. The molecule has 40 heavy (non-hydrogen) atoms. The Morgan fingerprint density at radius 3 is 2.67 bits per heavy atom. The van der Waals surface area contributed by atoms with Crippen LogP contribution in [0.1, 0.15) is 59.1 Å². The molecule has 11 heteroatoms. The Kier molecular flexibility index (Phi) is 6.33. The Balaban J connectivity index is 1.26. The molecule has 1 aliphatic carbocycles. The molecule has 206 valence electrons. The molecule has 0 bridgehead atoms. The van der Waals surface area contributed by atoms with Gasteiger partial charge in [0.25, 0.3) is 11.5 Å². The van der Waals surface area contributed by atoms with E-state index in [1.54, 1.807) is 6.20 Å². The van der Waals surface area contributed by atoms with Gasteiger partial charge in [0, 0.05) is 12.1 Å². The Morgan fingerprint density at radius 2 is 1.95 bits per heavy atom. The molecule has 2 aliphatic rings. The number of benzene rings is 2. The number of aromatic nitrogens is 3. The molecule has 0 radical (unpaired) electrons. The van der Waals surface area contributed by atoms with Crippen LogP contribution in [0.25, 0.3) is 11.3 Å². The zero-order chi connectivity index (χ0) is 28.1. The number of oxazole rings is 1. The molecule has 0 spiro atoms. The first-order valence-electron chi connectivity index (χ1n) is 12.9. The second-order valence-corrected chi connectivity index (χ2v) is 10.3. The first-order chi connectivity index (χ1) is 19.2. The number of hydrogen-bond donors (Lipinski definition) is 2. The van der Waals surface area contributed by atoms with E-state index in [2.05, 4.69) is 9.97 Å². The molecule has 2 N–H and O–H groups in total. The van der Waals surface area contributed by atoms with Crippen LogP contribution in [0.5, 0.6) is 0 Å². The van der Waals surface area contributed by atoms with Gasteiger partial charge in [-0.25, -0.2) is 9.97 Å². The van der Waals surface area contributed by atoms with Crippen molar-refractivity contribution in [2.45, 2.75) is 49.9 Å². The number of carbonyl (C=O) groups is 1. The van der Waals surface area contributed by atoms with Gasteiger partial charge in [-0.05, 0) is 55.0 Å². The largest absolute Gasteiger partial charge is 0.444 e. The molecule has 1 aliphatic heterocycles. The number of aliphatic hydroxyl groups excluding tert-OH is 1. The van der Waals surface area contributed by atoms with Crippen molar-refractivity contribution in [3.63, 3.8) is 0 Å². The summed E-state index contributed by atoms with van der Waals surface area (Å²) in [5, 5.41) is 10.6. The minimum absolute atomic E-state index is 0.0964. The van der Waals surface area contributed by atoms with Crippen molar-refractivity contribution < 1.29 is 27.5 Å². The predicted octanol–water partition coefficient (Wildman–Crippen LogP) is 4.53. The lowest BCUT2D eigenvalue weighted by Crippen LogP contribution is -2.36. The fourth-order valence-corrected chi connectivity index (χ4v) is 5.35. The summed E-state index contributed by atoms with van der Waals surface area (Å²) in [5.74, 6) is 0.436. The number of alkyl halides is 3. The van der Waals surface area contributed by atoms with E-state index < -0.39 is 29.2 Å². The van der Waals surface area contributed by atoms with Gasteiger partial charge in [-0.2, -0.15) is 13.2 Å². The van der Waals surface area contributed by atoms with Crippen molar-refractivity contribution in [3.05, 3.63) is 105 Å². The Hall–Kier alpha value is -4.25. The van der Waals surface area contributed by atoms with Gasteiger partial charge in [-0.3, -0.25) is 9.59 Å². The van der Waals surface area contributed by atoms with E-state index in [-0.39, 0.29) is 24.2 Å². The lowest BCUT2D eigenvalue weighted by molar-refractivity contribution is -0.142. The number of hydrogen-bond acceptors (Lipinski definition) is 6. The number of amides is 1. The van der Waals surface area contributed by atoms with Crippen LogP contribution in [0.2, 0.25) is 0 Å². The normalized spacial score (nSPS) is 17.1. The summed E-state index contributed by atoms with van der Waals surface area (Å²) in [6, 6.07) is 11.9. The van der Waals surface area contributed by atoms with E-state index in [1.807, 2.05) is 24.3 Å². The minimum atomic E-state index is -4.60. The summed E-state index contributed by atoms with van der Waals surface area (Å²) in [6.07, 6.45) is -0.841. The van der Waals surface area contributed by atoms with Gasteiger partial charge in [-0.15, -0.1) is 0 Å². The SMILES string of the molecule is O=C([C@H](O)c1cccc(C(F)(F)F)c1)N1CCCc2nc(C3(c4cccc(-c5cnco5)c4)CC3)[nH]c(=O)c2C1. The molecule has 1 fully saturated rings. The molecule has 2 aromatic heterocycles. The Morgan fingerprint density at radius 1 is 1.15 bits per heavy atom. The van der Waals surface area contributed by atoms with Crippen LogP contribution < -0.4 is 5.56 Å². The van der Waals surface area contributed by atoms with Crippen LogP contribution in [0, 0.1) is 0 Å². The molecule has 8 nitrogen and oxygen atoms in total. The summed E-state index contributed by atoms with van der Waals surface area (Å²) in [5.41, 5.74) is 0.849. The molecule has 4 aromatic rings. The molecule has 1 saturated carbocycles. The van der Waals surface area contributed by atoms with Crippen molar-refractivity contribution in [2.24, 2.45) is 0 Å². The van der Waals surface area contributed by atoms with Crippen LogP contribution in [0.15, 0.2) is 70.3 Å². The summed E-state index contributed by atoms with van der Waals surface area (Å²) < 4.78 is 44.8. The summed E-state index contributed by atoms with van der Waals surface area (Å²) in [7, 11) is 0. The molecule has 6 rings (SSSR count). The fourth-order valence-electron chi connectivity index (χ4n) is 5.35. The second kappa shape index (κ2) is 9.74. The minimum Gasteiger partial charge on any atom is -0.444 e. The third-order valence-corrected chi connectivity index (χ3v) is 7.70. The van der Waals surface area contributed by atoms with Gasteiger partial charge in [0.1, 0.15) is 5.82 Å². The maximum absolute atomic E-state index is 13.3. The second-order valence-electron chi connectivity index (χ2n) is 10.3. The highest BCUT2D eigenvalue weighted by Crippen LogP contribution is 2.52. The number of carbonyl (C=O) groups excluding carboxylic acids is 1. The van der Waals surface area contributed by atoms with E-state index in [1.165, 1.54) is 17.4 Å². The van der Waals surface area contributed by atoms with Crippen LogP contribution >= 0.6 is 0 Å². The van der Waals surface area contributed by atoms with E-state index in [0.717, 1.165) is 42.2 Å². The topological polar surface area (TPSA) is 112 Å². The van der Waals surface area contributed by atoms with E-state index >= 15 is 0 Å². The van der Waals surface area contributed by atoms with Crippen LogP contribution in [-0.2, 0) is 29.4 Å². The summed E-state index contributed by atoms with van der Waals surface area (Å²) in [6.45, 7) is 0.130. The van der Waals surface area contributed by atoms with Gasteiger partial charge < -0.3 is 19.4 Å². The van der Waals surface area contributed by atoms with Crippen molar-refractivity contribution in [2.75, 3.05) is 6.54 Å². The van der Waals surface area contributed by atoms with Gasteiger partial charge in [0.15, 0.2) is 18.3 Å². The number of fused-ring (bicyclic) bond motifs is 1. The predicted molar refractivity (Wildman–Crippen MR) is 137 cm³/mol. The third-order valence-electron chi connectivity index (χ3n) is 7.70. The average Bonchev–Trinajstić information content (AvgIpc) is 3.64. The average molecular weight is 551 g/mol. The monoisotopic (exact) mass is 550 g/mol. The number of H-pyrrole nitrogens is 1. The number of halogens is 3. The van der Waals surface area contributed by atoms with E-state index in [4.69, 9.17) is 9.40 Å². The Bertz CT molecular complexity index is 1630.